The van der Waals surface area contributed by atoms with Crippen LogP contribution in [0.2, 0.25) is 10.0 Å². The Hall–Kier alpha value is -2.02. The topological polar surface area (TPSA) is 73.1 Å². The molecule has 0 unspecified atom stereocenters. The Morgan fingerprint density at radius 1 is 1.29 bits per heavy atom. The maximum absolute atomic E-state index is 12.4. The summed E-state index contributed by atoms with van der Waals surface area (Å²) in [6.45, 7) is 0.889. The summed E-state index contributed by atoms with van der Waals surface area (Å²) in [7, 11) is 2.10. The third-order valence-corrected chi connectivity index (χ3v) is 5.74. The number of H-pyrrole nitrogens is 1. The van der Waals surface area contributed by atoms with Gasteiger partial charge >= 0.3 is 6.03 Å². The molecule has 1 aromatic carbocycles. The van der Waals surface area contributed by atoms with Gasteiger partial charge in [0.2, 0.25) is 0 Å². The van der Waals surface area contributed by atoms with Crippen molar-refractivity contribution in [1.82, 2.24) is 20.2 Å². The third-order valence-electron chi connectivity index (χ3n) is 5.31. The summed E-state index contributed by atoms with van der Waals surface area (Å²) in [6, 6.07) is 4.93. The number of halogens is 2. The van der Waals surface area contributed by atoms with Crippen molar-refractivity contribution in [2.45, 2.75) is 37.8 Å². The molecule has 1 aliphatic heterocycles. The molecule has 1 fully saturated rings. The minimum absolute atomic E-state index is 0.0635. The number of hydrogen-bond donors (Lipinski definition) is 3. The number of aryl methyl sites for hydroxylation is 1. The number of urea groups is 1. The number of hydrogen-bond acceptors (Lipinski definition) is 3. The summed E-state index contributed by atoms with van der Waals surface area (Å²) in [5, 5.41) is 6.85. The summed E-state index contributed by atoms with van der Waals surface area (Å²) in [6.07, 6.45) is 7.98. The lowest BCUT2D eigenvalue weighted by atomic mass is 9.97. The fourth-order valence-electron chi connectivity index (χ4n) is 3.87. The van der Waals surface area contributed by atoms with Crippen molar-refractivity contribution in [2.75, 3.05) is 18.9 Å². The first-order chi connectivity index (χ1) is 13.5. The highest BCUT2D eigenvalue weighted by Gasteiger charge is 2.31. The zero-order chi connectivity index (χ0) is 19.7. The Bertz CT molecular complexity index is 890. The fourth-order valence-corrected chi connectivity index (χ4v) is 4.39. The summed E-state index contributed by atoms with van der Waals surface area (Å²) in [5.74, 6) is 0.979. The number of anilines is 1. The second kappa shape index (κ2) is 8.15. The summed E-state index contributed by atoms with van der Waals surface area (Å²) in [5.41, 5.74) is 2.82. The molecule has 1 aromatic heterocycles. The van der Waals surface area contributed by atoms with E-state index >= 15 is 0 Å². The van der Waals surface area contributed by atoms with Gasteiger partial charge in [-0.05, 0) is 57.0 Å². The van der Waals surface area contributed by atoms with Gasteiger partial charge in [-0.15, -0.1) is 0 Å². The van der Waals surface area contributed by atoms with Crippen LogP contribution in [0.1, 0.15) is 42.5 Å². The molecule has 2 aliphatic rings. The van der Waals surface area contributed by atoms with Crippen LogP contribution in [0.15, 0.2) is 24.3 Å². The monoisotopic (exact) mass is 419 g/mol. The molecular formula is C20H23Cl2N5O. The molecule has 4 rings (SSSR count). The van der Waals surface area contributed by atoms with Crippen LogP contribution in [-0.4, -0.2) is 40.5 Å². The Balaban J connectivity index is 1.41. The molecule has 1 saturated heterocycles. The molecule has 0 radical (unpaired) electrons. The number of carbonyl (C=O) groups is 1. The molecule has 2 amide bonds. The van der Waals surface area contributed by atoms with Crippen LogP contribution in [0.3, 0.4) is 0 Å². The number of carbonyl (C=O) groups excluding carboxylic acids is 1. The smallest absolute Gasteiger partial charge is 0.319 e. The highest BCUT2D eigenvalue weighted by atomic mass is 35.5. The molecule has 148 valence electrons. The first kappa shape index (κ1) is 19.3. The normalized spacial score (nSPS) is 22.0. The van der Waals surface area contributed by atoms with Gasteiger partial charge in [0.1, 0.15) is 5.82 Å². The Labute approximate surface area is 174 Å². The van der Waals surface area contributed by atoms with Crippen molar-refractivity contribution in [1.29, 1.82) is 0 Å². The molecule has 6 nitrogen and oxygen atoms in total. The van der Waals surface area contributed by atoms with Gasteiger partial charge in [-0.1, -0.05) is 29.3 Å². The summed E-state index contributed by atoms with van der Waals surface area (Å²) < 4.78 is 0. The number of allylic oxidation sites excluding steroid dienone is 1. The quantitative estimate of drug-likeness (QED) is 0.678. The first-order valence-corrected chi connectivity index (χ1v) is 10.2. The average Bonchev–Trinajstić information content (AvgIpc) is 3.06. The van der Waals surface area contributed by atoms with Crippen LogP contribution < -0.4 is 10.6 Å². The average molecular weight is 420 g/mol. The molecule has 3 N–H and O–H groups in total. The van der Waals surface area contributed by atoms with Gasteiger partial charge in [0, 0.05) is 34.0 Å². The Kier molecular flexibility index (Phi) is 5.62. The number of rotatable bonds is 3. The molecule has 2 heterocycles. The fraction of sp³-hybridized carbons (Fsp3) is 0.400. The van der Waals surface area contributed by atoms with Crippen molar-refractivity contribution >= 4 is 41.0 Å². The van der Waals surface area contributed by atoms with E-state index in [1.54, 1.807) is 18.2 Å². The maximum atomic E-state index is 12.4. The predicted molar refractivity (Wildman–Crippen MR) is 113 cm³/mol. The molecular weight excluding hydrogens is 397 g/mol. The highest BCUT2D eigenvalue weighted by Crippen LogP contribution is 2.30. The lowest BCUT2D eigenvalue weighted by molar-refractivity contribution is 0.153. The van der Waals surface area contributed by atoms with Crippen molar-refractivity contribution in [3.8, 4) is 0 Å². The lowest BCUT2D eigenvalue weighted by Gasteiger charge is -2.36. The number of imidazole rings is 1. The van der Waals surface area contributed by atoms with E-state index in [4.69, 9.17) is 28.2 Å². The second-order valence-electron chi connectivity index (χ2n) is 7.40. The molecule has 0 saturated carbocycles. The summed E-state index contributed by atoms with van der Waals surface area (Å²) in [4.78, 5) is 23.0. The first-order valence-electron chi connectivity index (χ1n) is 9.47. The van der Waals surface area contributed by atoms with E-state index in [1.807, 2.05) is 0 Å². The number of piperidine rings is 1. The molecule has 2 atom stereocenters. The third kappa shape index (κ3) is 4.35. The van der Waals surface area contributed by atoms with E-state index < -0.39 is 0 Å². The van der Waals surface area contributed by atoms with Gasteiger partial charge < -0.3 is 15.6 Å². The number of nitrogens with zero attached hydrogens (tertiary/aromatic N) is 2. The van der Waals surface area contributed by atoms with Crippen LogP contribution in [0, 0.1) is 0 Å². The number of aromatic nitrogens is 2. The molecule has 2 aromatic rings. The molecule has 0 bridgehead atoms. The van der Waals surface area contributed by atoms with E-state index in [1.165, 1.54) is 5.69 Å². The SMILES string of the molecule is CN1CC[C@@H](NC(=O)Nc2cc(Cl)cc(Cl)c2)C[C@@H]1c1nc2c([nH]1)CCC=C2. The van der Waals surface area contributed by atoms with E-state index in [0.29, 0.717) is 15.7 Å². The van der Waals surface area contributed by atoms with Crippen molar-refractivity contribution in [3.05, 3.63) is 51.5 Å². The Morgan fingerprint density at radius 2 is 2.07 bits per heavy atom. The van der Waals surface area contributed by atoms with Crippen LogP contribution in [0.4, 0.5) is 10.5 Å². The van der Waals surface area contributed by atoms with Gasteiger partial charge in [0.15, 0.2) is 0 Å². The van der Waals surface area contributed by atoms with Crippen LogP contribution in [0.5, 0.6) is 0 Å². The molecule has 0 spiro atoms. The Morgan fingerprint density at radius 3 is 2.82 bits per heavy atom. The van der Waals surface area contributed by atoms with Crippen molar-refractivity contribution in [2.24, 2.45) is 0 Å². The van der Waals surface area contributed by atoms with Crippen molar-refractivity contribution in [3.63, 3.8) is 0 Å². The zero-order valence-corrected chi connectivity index (χ0v) is 17.1. The number of benzene rings is 1. The second-order valence-corrected chi connectivity index (χ2v) is 8.27. The number of aromatic amines is 1. The van der Waals surface area contributed by atoms with Gasteiger partial charge in [-0.3, -0.25) is 4.90 Å². The van der Waals surface area contributed by atoms with Gasteiger partial charge in [-0.25, -0.2) is 9.78 Å². The maximum Gasteiger partial charge on any atom is 0.319 e. The zero-order valence-electron chi connectivity index (χ0n) is 15.6. The summed E-state index contributed by atoms with van der Waals surface area (Å²) >= 11 is 12.0. The highest BCUT2D eigenvalue weighted by molar-refractivity contribution is 6.35. The number of nitrogens with one attached hydrogen (secondary N) is 3. The van der Waals surface area contributed by atoms with Crippen molar-refractivity contribution < 1.29 is 4.79 Å². The minimum atomic E-state index is -0.256. The number of likely N-dealkylation sites (tertiary alicyclic amines) is 1. The van der Waals surface area contributed by atoms with Crippen LogP contribution >= 0.6 is 23.2 Å². The molecule has 1 aliphatic carbocycles. The van der Waals surface area contributed by atoms with E-state index in [-0.39, 0.29) is 18.1 Å². The number of fused-ring (bicyclic) bond motifs is 1. The lowest BCUT2D eigenvalue weighted by Crippen LogP contribution is -2.46. The largest absolute Gasteiger partial charge is 0.344 e. The minimum Gasteiger partial charge on any atom is -0.344 e. The van der Waals surface area contributed by atoms with Gasteiger partial charge in [0.25, 0.3) is 0 Å². The van der Waals surface area contributed by atoms with Crippen LogP contribution in [-0.2, 0) is 6.42 Å². The van der Waals surface area contributed by atoms with Crippen LogP contribution in [0.25, 0.3) is 6.08 Å². The standard InChI is InChI=1S/C20H23Cl2N5O/c1-27-7-6-14(23-20(28)24-15-9-12(21)8-13(22)10-15)11-18(27)19-25-16-4-2-3-5-17(16)26-19/h2,4,8-10,14,18H,3,5-7,11H2,1H3,(H,25,26)(H2,23,24,28)/t14-,18-/m1/s1. The van der Waals surface area contributed by atoms with E-state index in [2.05, 4.69) is 39.7 Å². The number of amides is 2. The van der Waals surface area contributed by atoms with Gasteiger partial charge in [0.05, 0.1) is 11.7 Å². The van der Waals surface area contributed by atoms with Gasteiger partial charge in [-0.2, -0.15) is 0 Å². The van der Waals surface area contributed by atoms with E-state index in [9.17, 15) is 4.79 Å². The molecule has 28 heavy (non-hydrogen) atoms. The predicted octanol–water partition coefficient (Wildman–Crippen LogP) is 4.63. The molecule has 8 heteroatoms. The van der Waals surface area contributed by atoms with E-state index in [0.717, 1.165) is 43.7 Å².